The quantitative estimate of drug-likeness (QED) is 0.701. The van der Waals surface area contributed by atoms with Gasteiger partial charge in [-0.3, -0.25) is 0 Å². The minimum atomic E-state index is -0.336. The molecule has 2 heterocycles. The van der Waals surface area contributed by atoms with E-state index < -0.39 is 0 Å². The first kappa shape index (κ1) is 10.8. The number of benzene rings is 1. The lowest BCUT2D eigenvalue weighted by molar-refractivity contribution is 0.0526. The molecule has 0 aliphatic rings. The summed E-state index contributed by atoms with van der Waals surface area (Å²) in [5.74, 6) is -0.336. The van der Waals surface area contributed by atoms with Crippen LogP contribution in [0.5, 0.6) is 0 Å². The van der Waals surface area contributed by atoms with Gasteiger partial charge in [-0.2, -0.15) is 0 Å². The van der Waals surface area contributed by atoms with Crippen molar-refractivity contribution in [2.24, 2.45) is 0 Å². The molecule has 0 bridgehead atoms. The van der Waals surface area contributed by atoms with Crippen molar-refractivity contribution in [3.05, 3.63) is 42.1 Å². The summed E-state index contributed by atoms with van der Waals surface area (Å²) in [5, 5.41) is 2.00. The number of nitrogens with zero attached hydrogens (tertiary/aromatic N) is 1. The van der Waals surface area contributed by atoms with Crippen LogP contribution in [0.1, 0.15) is 17.3 Å². The predicted molar refractivity (Wildman–Crippen MR) is 69.6 cm³/mol. The topological polar surface area (TPSA) is 55.0 Å². The van der Waals surface area contributed by atoms with Crippen LogP contribution in [0.2, 0.25) is 0 Å². The van der Waals surface area contributed by atoms with Crippen LogP contribution in [0.4, 0.5) is 0 Å². The van der Waals surface area contributed by atoms with Crippen LogP contribution in [0.15, 0.2) is 36.5 Å². The van der Waals surface area contributed by atoms with Gasteiger partial charge in [-0.05, 0) is 19.1 Å². The molecule has 3 aromatic rings. The number of rotatable bonds is 2. The van der Waals surface area contributed by atoms with Gasteiger partial charge in [-0.15, -0.1) is 0 Å². The third kappa shape index (κ3) is 1.62. The summed E-state index contributed by atoms with van der Waals surface area (Å²) in [5.41, 5.74) is 2.28. The number of fused-ring (bicyclic) bond motifs is 3. The highest BCUT2D eigenvalue weighted by molar-refractivity contribution is 6.07. The van der Waals surface area contributed by atoms with Crippen molar-refractivity contribution in [2.75, 3.05) is 6.61 Å². The van der Waals surface area contributed by atoms with E-state index in [1.54, 1.807) is 6.92 Å². The number of esters is 1. The molecule has 2 aromatic heterocycles. The average molecular weight is 240 g/mol. The fourth-order valence-corrected chi connectivity index (χ4v) is 2.05. The molecule has 1 aromatic carbocycles. The summed E-state index contributed by atoms with van der Waals surface area (Å²) < 4.78 is 4.98. The SMILES string of the molecule is CCOC(=O)c1cnc2[nH]c3ccccc3c2c1. The first-order chi connectivity index (χ1) is 8.79. The number of carbonyl (C=O) groups excluding carboxylic acids is 1. The van der Waals surface area contributed by atoms with Gasteiger partial charge in [-0.25, -0.2) is 9.78 Å². The highest BCUT2D eigenvalue weighted by Gasteiger charge is 2.10. The van der Waals surface area contributed by atoms with E-state index >= 15 is 0 Å². The zero-order valence-electron chi connectivity index (χ0n) is 9.93. The minimum absolute atomic E-state index is 0.336. The lowest BCUT2D eigenvalue weighted by atomic mass is 10.1. The average Bonchev–Trinajstić information content (AvgIpc) is 2.76. The van der Waals surface area contributed by atoms with E-state index in [4.69, 9.17) is 4.74 Å². The van der Waals surface area contributed by atoms with E-state index in [-0.39, 0.29) is 5.97 Å². The number of hydrogen-bond donors (Lipinski definition) is 1. The van der Waals surface area contributed by atoms with Gasteiger partial charge in [0.2, 0.25) is 0 Å². The van der Waals surface area contributed by atoms with E-state index in [9.17, 15) is 4.79 Å². The molecule has 0 aliphatic heterocycles. The van der Waals surface area contributed by atoms with E-state index in [2.05, 4.69) is 9.97 Å². The number of aromatic amines is 1. The van der Waals surface area contributed by atoms with Crippen molar-refractivity contribution >= 4 is 27.9 Å². The summed E-state index contributed by atoms with van der Waals surface area (Å²) in [6.07, 6.45) is 1.54. The predicted octanol–water partition coefficient (Wildman–Crippen LogP) is 2.89. The van der Waals surface area contributed by atoms with Crippen molar-refractivity contribution in [1.29, 1.82) is 0 Å². The molecule has 18 heavy (non-hydrogen) atoms. The Bertz CT molecular complexity index is 731. The Morgan fingerprint density at radius 3 is 3.00 bits per heavy atom. The molecule has 90 valence electrons. The number of H-pyrrole nitrogens is 1. The number of para-hydroxylation sites is 1. The van der Waals surface area contributed by atoms with Crippen molar-refractivity contribution in [2.45, 2.75) is 6.92 Å². The molecule has 3 rings (SSSR count). The number of carbonyl (C=O) groups is 1. The largest absolute Gasteiger partial charge is 0.462 e. The highest BCUT2D eigenvalue weighted by atomic mass is 16.5. The second-order valence-corrected chi connectivity index (χ2v) is 4.01. The first-order valence-corrected chi connectivity index (χ1v) is 5.83. The van der Waals surface area contributed by atoms with Gasteiger partial charge in [0.05, 0.1) is 12.2 Å². The molecule has 0 fully saturated rings. The Balaban J connectivity index is 2.21. The monoisotopic (exact) mass is 240 g/mol. The third-order valence-corrected chi connectivity index (χ3v) is 2.87. The van der Waals surface area contributed by atoms with Gasteiger partial charge in [-0.1, -0.05) is 18.2 Å². The number of hydrogen-bond acceptors (Lipinski definition) is 3. The molecule has 4 heteroatoms. The van der Waals surface area contributed by atoms with E-state index in [1.807, 2.05) is 30.3 Å². The fourth-order valence-electron chi connectivity index (χ4n) is 2.05. The summed E-state index contributed by atoms with van der Waals surface area (Å²) in [7, 11) is 0. The van der Waals surface area contributed by atoms with E-state index in [0.29, 0.717) is 12.2 Å². The highest BCUT2D eigenvalue weighted by Crippen LogP contribution is 2.24. The van der Waals surface area contributed by atoms with Gasteiger partial charge >= 0.3 is 5.97 Å². The zero-order chi connectivity index (χ0) is 12.5. The number of nitrogens with one attached hydrogen (secondary N) is 1. The number of pyridine rings is 1. The maximum atomic E-state index is 11.7. The van der Waals surface area contributed by atoms with E-state index in [1.165, 1.54) is 6.20 Å². The van der Waals surface area contributed by atoms with Gasteiger partial charge in [0.15, 0.2) is 0 Å². The molecular formula is C14H12N2O2. The Kier molecular flexibility index (Phi) is 2.48. The van der Waals surface area contributed by atoms with Gasteiger partial charge in [0.25, 0.3) is 0 Å². The Hall–Kier alpha value is -2.36. The summed E-state index contributed by atoms with van der Waals surface area (Å²) in [6, 6.07) is 9.74. The second kappa shape index (κ2) is 4.14. The van der Waals surface area contributed by atoms with Crippen LogP contribution in [-0.2, 0) is 4.74 Å². The molecule has 0 saturated heterocycles. The van der Waals surface area contributed by atoms with Crippen LogP contribution < -0.4 is 0 Å². The Labute approximate surface area is 104 Å². The number of ether oxygens (including phenoxy) is 1. The summed E-state index contributed by atoms with van der Waals surface area (Å²) in [6.45, 7) is 2.15. The van der Waals surface area contributed by atoms with Gasteiger partial charge < -0.3 is 9.72 Å². The molecule has 0 atom stereocenters. The van der Waals surface area contributed by atoms with Crippen LogP contribution in [-0.4, -0.2) is 22.5 Å². The molecule has 0 radical (unpaired) electrons. The zero-order valence-corrected chi connectivity index (χ0v) is 9.93. The minimum Gasteiger partial charge on any atom is -0.462 e. The van der Waals surface area contributed by atoms with Crippen LogP contribution in [0.3, 0.4) is 0 Å². The summed E-state index contributed by atoms with van der Waals surface area (Å²) >= 11 is 0. The summed E-state index contributed by atoms with van der Waals surface area (Å²) in [4.78, 5) is 19.2. The number of aromatic nitrogens is 2. The molecule has 4 nitrogen and oxygen atoms in total. The standard InChI is InChI=1S/C14H12N2O2/c1-2-18-14(17)9-7-11-10-5-3-4-6-12(10)16-13(11)15-8-9/h3-8H,2H2,1H3,(H,15,16). The lowest BCUT2D eigenvalue weighted by Crippen LogP contribution is -2.04. The maximum Gasteiger partial charge on any atom is 0.339 e. The fraction of sp³-hybridized carbons (Fsp3) is 0.143. The normalized spacial score (nSPS) is 10.9. The molecule has 0 unspecified atom stereocenters. The molecule has 0 amide bonds. The Morgan fingerprint density at radius 1 is 1.33 bits per heavy atom. The second-order valence-electron chi connectivity index (χ2n) is 4.01. The van der Waals surface area contributed by atoms with Crippen molar-refractivity contribution in [3.8, 4) is 0 Å². The lowest BCUT2D eigenvalue weighted by Gasteiger charge is -2.00. The molecule has 1 N–H and O–H groups in total. The smallest absolute Gasteiger partial charge is 0.339 e. The van der Waals surface area contributed by atoms with Gasteiger partial charge in [0.1, 0.15) is 5.65 Å². The van der Waals surface area contributed by atoms with Crippen LogP contribution in [0.25, 0.3) is 21.9 Å². The Morgan fingerprint density at radius 2 is 2.17 bits per heavy atom. The third-order valence-electron chi connectivity index (χ3n) is 2.87. The van der Waals surface area contributed by atoms with Crippen LogP contribution in [0, 0.1) is 0 Å². The molecule has 0 spiro atoms. The first-order valence-electron chi connectivity index (χ1n) is 5.83. The molecule has 0 saturated carbocycles. The van der Waals surface area contributed by atoms with Crippen molar-refractivity contribution < 1.29 is 9.53 Å². The van der Waals surface area contributed by atoms with Crippen molar-refractivity contribution in [3.63, 3.8) is 0 Å². The van der Waals surface area contributed by atoms with Crippen LogP contribution >= 0.6 is 0 Å². The van der Waals surface area contributed by atoms with Gasteiger partial charge in [0, 0.05) is 22.5 Å². The van der Waals surface area contributed by atoms with E-state index in [0.717, 1.165) is 21.9 Å². The maximum absolute atomic E-state index is 11.7. The van der Waals surface area contributed by atoms with Crippen molar-refractivity contribution in [1.82, 2.24) is 9.97 Å². The molecular weight excluding hydrogens is 228 g/mol. The molecule has 0 aliphatic carbocycles.